The Labute approximate surface area is 283 Å². The van der Waals surface area contributed by atoms with Gasteiger partial charge in [-0.25, -0.2) is 0 Å². The number of methoxy groups -OCH3 is 1. The van der Waals surface area contributed by atoms with Crippen molar-refractivity contribution in [3.8, 4) is 11.5 Å². The molecule has 2 heterocycles. The van der Waals surface area contributed by atoms with Gasteiger partial charge in [0.25, 0.3) is 11.8 Å². The molecule has 236 valence electrons. The van der Waals surface area contributed by atoms with Gasteiger partial charge in [0.2, 0.25) is 11.8 Å². The van der Waals surface area contributed by atoms with E-state index in [2.05, 4.69) is 21.2 Å². The van der Waals surface area contributed by atoms with Crippen molar-refractivity contribution in [2.45, 2.75) is 28.5 Å². The van der Waals surface area contributed by atoms with E-state index in [1.807, 2.05) is 36.4 Å². The van der Waals surface area contributed by atoms with E-state index in [4.69, 9.17) is 27.9 Å². The number of nitrogens with one attached hydrogen (secondary N) is 1. The summed E-state index contributed by atoms with van der Waals surface area (Å²) < 4.78 is 5.67. The molecule has 3 aromatic carbocycles. The lowest BCUT2D eigenvalue weighted by Gasteiger charge is -2.50. The topological polar surface area (TPSA) is 116 Å². The summed E-state index contributed by atoms with van der Waals surface area (Å²) in [6, 6.07) is 19.8. The van der Waals surface area contributed by atoms with Crippen molar-refractivity contribution in [2.75, 3.05) is 24.4 Å². The highest BCUT2D eigenvalue weighted by Crippen LogP contribution is 2.65. The summed E-state index contributed by atoms with van der Waals surface area (Å²) in [6.07, 6.45) is 1.99. The van der Waals surface area contributed by atoms with Crippen molar-refractivity contribution < 1.29 is 29.0 Å². The first-order valence-corrected chi connectivity index (χ1v) is 16.2. The fourth-order valence-corrected chi connectivity index (χ4v) is 9.15. The summed E-state index contributed by atoms with van der Waals surface area (Å²) in [6.45, 7) is 0. The first kappa shape index (κ1) is 30.8. The third-order valence-electron chi connectivity index (χ3n) is 9.81. The second-order valence-corrected chi connectivity index (χ2v) is 14.2. The van der Waals surface area contributed by atoms with Crippen LogP contribution in [0.4, 0.5) is 17.1 Å². The fourth-order valence-electron chi connectivity index (χ4n) is 7.67. The minimum atomic E-state index is -1.94. The number of nitrogens with zero attached hydrogens (tertiary/aromatic N) is 2. The normalized spacial score (nSPS) is 30.2. The van der Waals surface area contributed by atoms with Crippen LogP contribution in [0.5, 0.6) is 11.5 Å². The molecular weight excluding hydrogens is 697 g/mol. The molecule has 6 atom stereocenters. The molecule has 2 saturated heterocycles. The Bertz CT molecular complexity index is 1850. The number of para-hydroxylation sites is 1. The Morgan fingerprint density at radius 1 is 0.935 bits per heavy atom. The van der Waals surface area contributed by atoms with Crippen LogP contribution in [0.3, 0.4) is 0 Å². The van der Waals surface area contributed by atoms with Crippen LogP contribution in [0.2, 0.25) is 0 Å². The Balaban J connectivity index is 1.29. The number of phenolic OH excluding ortho intramolecular Hbond substituents is 1. The van der Waals surface area contributed by atoms with E-state index in [1.165, 1.54) is 19.1 Å². The Morgan fingerprint density at radius 3 is 2.28 bits per heavy atom. The van der Waals surface area contributed by atoms with Gasteiger partial charge in [-0.1, -0.05) is 29.8 Å². The monoisotopic (exact) mass is 723 g/mol. The van der Waals surface area contributed by atoms with Gasteiger partial charge >= 0.3 is 0 Å². The molecule has 46 heavy (non-hydrogen) atoms. The zero-order valence-corrected chi connectivity index (χ0v) is 27.8. The molecule has 12 heteroatoms. The van der Waals surface area contributed by atoms with Gasteiger partial charge in [0.1, 0.15) is 0 Å². The molecule has 0 spiro atoms. The van der Waals surface area contributed by atoms with E-state index in [0.717, 1.165) is 16.3 Å². The SMILES string of the molecule is COc1cc(C2C3=CCC4C(=O)N(c5ccc(Nc6ccccc6)cc5)C(=O)C4C3CC3(Cl)C(=O)N(C)C(=O)C23Cl)cc(Br)c1O. The van der Waals surface area contributed by atoms with E-state index in [0.29, 0.717) is 16.8 Å². The molecule has 9 nitrogen and oxygen atoms in total. The van der Waals surface area contributed by atoms with Crippen molar-refractivity contribution in [3.63, 3.8) is 0 Å². The number of aromatic hydroxyl groups is 1. The van der Waals surface area contributed by atoms with Crippen LogP contribution >= 0.6 is 39.1 Å². The van der Waals surface area contributed by atoms with E-state index in [-0.39, 0.29) is 34.7 Å². The van der Waals surface area contributed by atoms with Crippen molar-refractivity contribution in [3.05, 3.63) is 88.4 Å². The van der Waals surface area contributed by atoms with Crippen LogP contribution in [-0.4, -0.2) is 57.5 Å². The van der Waals surface area contributed by atoms with E-state index in [9.17, 15) is 24.3 Å². The van der Waals surface area contributed by atoms with E-state index in [1.54, 1.807) is 36.4 Å². The molecule has 1 saturated carbocycles. The zero-order chi connectivity index (χ0) is 32.7. The van der Waals surface area contributed by atoms with Gasteiger partial charge in [-0.15, -0.1) is 23.2 Å². The van der Waals surface area contributed by atoms with Gasteiger partial charge in [-0.2, -0.15) is 0 Å². The molecule has 2 aliphatic carbocycles. The molecule has 0 bridgehead atoms. The predicted molar refractivity (Wildman–Crippen MR) is 176 cm³/mol. The number of anilines is 3. The summed E-state index contributed by atoms with van der Waals surface area (Å²) in [5, 5.41) is 13.8. The predicted octanol–water partition coefficient (Wildman–Crippen LogP) is 6.10. The molecule has 0 aromatic heterocycles. The molecule has 2 N–H and O–H groups in total. The molecule has 4 aliphatic rings. The largest absolute Gasteiger partial charge is 0.503 e. The number of halogens is 3. The minimum absolute atomic E-state index is 0.111. The summed E-state index contributed by atoms with van der Waals surface area (Å²) in [4.78, 5) is 53.9. The smallest absolute Gasteiger partial charge is 0.253 e. The number of benzene rings is 3. The standard InChI is InChI=1S/C34H28BrCl2N3O6/c1-39-31(44)33(36)16-23-21(27(34(33,37)32(39)45)17-14-24(35)28(41)25(15-17)46-2)12-13-22-26(23)30(43)40(29(22)42)20-10-8-19(9-11-20)38-18-6-4-3-5-7-18/h3-12,14-15,22-23,26-27,38,41H,13,16H2,1-2H3. The second kappa shape index (κ2) is 10.9. The van der Waals surface area contributed by atoms with Crippen LogP contribution in [-0.2, 0) is 19.2 Å². The lowest BCUT2D eigenvalue weighted by molar-refractivity contribution is -0.138. The van der Waals surface area contributed by atoms with Crippen molar-refractivity contribution >= 4 is 79.8 Å². The third kappa shape index (κ3) is 4.19. The molecule has 3 fully saturated rings. The highest BCUT2D eigenvalue weighted by molar-refractivity contribution is 9.10. The summed E-state index contributed by atoms with van der Waals surface area (Å²) in [5.41, 5.74) is 3.23. The number of amides is 4. The lowest BCUT2D eigenvalue weighted by atomic mass is 9.56. The summed E-state index contributed by atoms with van der Waals surface area (Å²) in [7, 11) is 2.73. The van der Waals surface area contributed by atoms with Gasteiger partial charge in [-0.3, -0.25) is 29.0 Å². The van der Waals surface area contributed by atoms with Gasteiger partial charge in [0.15, 0.2) is 21.2 Å². The first-order valence-electron chi connectivity index (χ1n) is 14.7. The van der Waals surface area contributed by atoms with Crippen molar-refractivity contribution in [1.29, 1.82) is 0 Å². The highest BCUT2D eigenvalue weighted by atomic mass is 79.9. The Morgan fingerprint density at radius 2 is 1.61 bits per heavy atom. The van der Waals surface area contributed by atoms with Gasteiger partial charge in [0.05, 0.1) is 29.1 Å². The number of fused-ring (bicyclic) bond motifs is 4. The zero-order valence-electron chi connectivity index (χ0n) is 24.7. The number of allylic oxidation sites excluding steroid dienone is 2. The van der Waals surface area contributed by atoms with Gasteiger partial charge in [-0.05, 0) is 88.8 Å². The van der Waals surface area contributed by atoms with Crippen LogP contribution in [0.15, 0.2) is 82.9 Å². The van der Waals surface area contributed by atoms with Crippen molar-refractivity contribution in [1.82, 2.24) is 4.90 Å². The number of hydrogen-bond donors (Lipinski definition) is 2. The lowest BCUT2D eigenvalue weighted by Crippen LogP contribution is -2.60. The van der Waals surface area contributed by atoms with Gasteiger partial charge < -0.3 is 15.2 Å². The van der Waals surface area contributed by atoms with Crippen LogP contribution in [0.25, 0.3) is 0 Å². The number of likely N-dealkylation sites (tertiary alicyclic amines) is 1. The third-order valence-corrected chi connectivity index (χ3v) is 11.8. The molecular formula is C34H28BrCl2N3O6. The summed E-state index contributed by atoms with van der Waals surface area (Å²) >= 11 is 17.8. The second-order valence-electron chi connectivity index (χ2n) is 12.1. The van der Waals surface area contributed by atoms with Crippen LogP contribution in [0, 0.1) is 17.8 Å². The minimum Gasteiger partial charge on any atom is -0.503 e. The number of carbonyl (C=O) groups is 4. The number of hydrogen-bond acceptors (Lipinski definition) is 7. The molecule has 4 amide bonds. The maximum Gasteiger partial charge on any atom is 0.253 e. The number of phenols is 1. The molecule has 6 unspecified atom stereocenters. The fraction of sp³-hybridized carbons (Fsp3) is 0.294. The average molecular weight is 725 g/mol. The maximum atomic E-state index is 14.3. The van der Waals surface area contributed by atoms with E-state index >= 15 is 0 Å². The number of imide groups is 2. The number of carbonyl (C=O) groups excluding carboxylic acids is 4. The number of ether oxygens (including phenoxy) is 1. The first-order chi connectivity index (χ1) is 21.9. The molecule has 0 radical (unpaired) electrons. The molecule has 7 rings (SSSR count). The Hall–Kier alpha value is -3.86. The molecule has 2 aliphatic heterocycles. The highest BCUT2D eigenvalue weighted by Gasteiger charge is 2.76. The average Bonchev–Trinajstić information content (AvgIpc) is 3.38. The maximum absolute atomic E-state index is 14.3. The van der Waals surface area contributed by atoms with Crippen molar-refractivity contribution in [2.24, 2.45) is 17.8 Å². The number of rotatable bonds is 5. The van der Waals surface area contributed by atoms with Crippen LogP contribution < -0.4 is 15.0 Å². The summed E-state index contributed by atoms with van der Waals surface area (Å²) in [5.74, 6) is -5.25. The Kier molecular flexibility index (Phi) is 7.26. The molecule has 3 aromatic rings. The number of alkyl halides is 2. The van der Waals surface area contributed by atoms with Crippen LogP contribution in [0.1, 0.15) is 24.3 Å². The van der Waals surface area contributed by atoms with Gasteiger partial charge in [0, 0.05) is 24.3 Å². The van der Waals surface area contributed by atoms with E-state index < -0.39 is 51.1 Å². The quantitative estimate of drug-likeness (QED) is 0.186.